The first-order valence-corrected chi connectivity index (χ1v) is 9.33. The minimum Gasteiger partial charge on any atom is -0.207 e. The monoisotopic (exact) mass is 345 g/mol. The van der Waals surface area contributed by atoms with Crippen LogP contribution in [0, 0.1) is 0 Å². The lowest BCUT2D eigenvalue weighted by molar-refractivity contribution is 0.430. The van der Waals surface area contributed by atoms with Crippen LogP contribution in [-0.4, -0.2) is 31.1 Å². The highest BCUT2D eigenvalue weighted by Crippen LogP contribution is 2.26. The quantitative estimate of drug-likeness (QED) is 0.743. The average Bonchev–Trinajstić information content (AvgIpc) is 2.85. The van der Waals surface area contributed by atoms with Crippen LogP contribution in [0.1, 0.15) is 30.9 Å². The fraction of sp³-hybridized carbons (Fsp3) is 0.571. The zero-order chi connectivity index (χ0) is 13.9. The molecule has 3 nitrogen and oxygen atoms in total. The van der Waals surface area contributed by atoms with Gasteiger partial charge in [0.2, 0.25) is 10.0 Å². The third-order valence-corrected chi connectivity index (χ3v) is 5.76. The van der Waals surface area contributed by atoms with Crippen LogP contribution in [0.5, 0.6) is 0 Å². The fourth-order valence-corrected chi connectivity index (χ4v) is 4.80. The number of nitrogens with zero attached hydrogens (tertiary/aromatic N) is 1. The van der Waals surface area contributed by atoms with Gasteiger partial charge < -0.3 is 0 Å². The molecule has 0 amide bonds. The molecule has 0 unspecified atom stereocenters. The highest BCUT2D eigenvalue weighted by Gasteiger charge is 2.24. The van der Waals surface area contributed by atoms with Gasteiger partial charge in [-0.3, -0.25) is 0 Å². The zero-order valence-electron chi connectivity index (χ0n) is 11.2. The van der Waals surface area contributed by atoms with E-state index < -0.39 is 10.0 Å². The van der Waals surface area contributed by atoms with Crippen molar-refractivity contribution in [3.8, 4) is 0 Å². The van der Waals surface area contributed by atoms with E-state index >= 15 is 0 Å². The largest absolute Gasteiger partial charge is 0.243 e. The Bertz CT molecular complexity index is 536. The van der Waals surface area contributed by atoms with E-state index in [1.165, 1.54) is 11.1 Å². The Hall–Kier alpha value is -0.390. The zero-order valence-corrected chi connectivity index (χ0v) is 13.6. The summed E-state index contributed by atoms with van der Waals surface area (Å²) < 4.78 is 26.8. The van der Waals surface area contributed by atoms with Gasteiger partial charge in [0.1, 0.15) is 0 Å². The molecule has 0 saturated heterocycles. The van der Waals surface area contributed by atoms with E-state index in [1.807, 2.05) is 19.1 Å². The van der Waals surface area contributed by atoms with Crippen LogP contribution in [0.3, 0.4) is 0 Å². The van der Waals surface area contributed by atoms with E-state index in [-0.39, 0.29) is 0 Å². The van der Waals surface area contributed by atoms with Crippen LogP contribution < -0.4 is 0 Å². The smallest absolute Gasteiger partial charge is 0.207 e. The molecular formula is C14H20BrNO2S. The Morgan fingerprint density at radius 3 is 2.63 bits per heavy atom. The molecule has 1 aromatic carbocycles. The van der Waals surface area contributed by atoms with Gasteiger partial charge >= 0.3 is 0 Å². The highest BCUT2D eigenvalue weighted by atomic mass is 79.9. The highest BCUT2D eigenvalue weighted by molar-refractivity contribution is 9.09. The molecule has 2 rings (SSSR count). The molecule has 5 heteroatoms. The molecule has 0 aliphatic heterocycles. The molecule has 0 fully saturated rings. The maximum atomic E-state index is 12.6. The van der Waals surface area contributed by atoms with Crippen LogP contribution in [0.25, 0.3) is 0 Å². The number of sulfonamides is 1. The lowest BCUT2D eigenvalue weighted by Crippen LogP contribution is -2.33. The van der Waals surface area contributed by atoms with E-state index in [0.29, 0.717) is 23.3 Å². The number of benzene rings is 1. The fourth-order valence-electron chi connectivity index (χ4n) is 2.55. The Morgan fingerprint density at radius 2 is 1.95 bits per heavy atom. The summed E-state index contributed by atoms with van der Waals surface area (Å²) in [7, 11) is -3.34. The Balaban J connectivity index is 2.32. The molecule has 0 atom stereocenters. The number of fused-ring (bicyclic) bond motifs is 1. The SMILES string of the molecule is CCCN(CCBr)S(=O)(=O)c1ccc2c(c1)CCC2. The van der Waals surface area contributed by atoms with Crippen LogP contribution in [0.15, 0.2) is 23.1 Å². The molecule has 0 aromatic heterocycles. The number of aryl methyl sites for hydroxylation is 2. The number of alkyl halides is 1. The van der Waals surface area contributed by atoms with Gasteiger partial charge in [-0.1, -0.05) is 28.9 Å². The number of rotatable bonds is 6. The van der Waals surface area contributed by atoms with Gasteiger partial charge in [0.15, 0.2) is 0 Å². The molecule has 0 radical (unpaired) electrons. The lowest BCUT2D eigenvalue weighted by atomic mass is 10.1. The average molecular weight is 346 g/mol. The van der Waals surface area contributed by atoms with E-state index in [1.54, 1.807) is 10.4 Å². The molecule has 1 aliphatic carbocycles. The number of halogens is 1. The molecular weight excluding hydrogens is 326 g/mol. The molecule has 0 saturated carbocycles. The Kier molecular flexibility index (Phi) is 5.03. The number of hydrogen-bond acceptors (Lipinski definition) is 2. The van der Waals surface area contributed by atoms with Gasteiger partial charge in [0.05, 0.1) is 4.90 Å². The second-order valence-corrected chi connectivity index (χ2v) is 7.61. The predicted octanol–water partition coefficient (Wildman–Crippen LogP) is 2.97. The van der Waals surface area contributed by atoms with Crippen LogP contribution in [-0.2, 0) is 22.9 Å². The van der Waals surface area contributed by atoms with Crippen molar-refractivity contribution in [3.63, 3.8) is 0 Å². The summed E-state index contributed by atoms with van der Waals surface area (Å²) in [5.41, 5.74) is 2.51. The van der Waals surface area contributed by atoms with Gasteiger partial charge in [-0.2, -0.15) is 4.31 Å². The molecule has 1 aromatic rings. The lowest BCUT2D eigenvalue weighted by Gasteiger charge is -2.21. The molecule has 0 bridgehead atoms. The second-order valence-electron chi connectivity index (χ2n) is 4.88. The van der Waals surface area contributed by atoms with E-state index in [9.17, 15) is 8.42 Å². The summed E-state index contributed by atoms with van der Waals surface area (Å²) >= 11 is 3.33. The maximum Gasteiger partial charge on any atom is 0.243 e. The third kappa shape index (κ3) is 3.20. The van der Waals surface area contributed by atoms with Crippen molar-refractivity contribution in [1.82, 2.24) is 4.31 Å². The summed E-state index contributed by atoms with van der Waals surface area (Å²) in [5, 5.41) is 0.664. The Labute approximate surface area is 124 Å². The van der Waals surface area contributed by atoms with Crippen LogP contribution >= 0.6 is 15.9 Å². The topological polar surface area (TPSA) is 37.4 Å². The normalized spacial score (nSPS) is 14.9. The van der Waals surface area contributed by atoms with Crippen molar-refractivity contribution < 1.29 is 8.42 Å². The molecule has 0 N–H and O–H groups in total. The molecule has 0 heterocycles. The summed E-state index contributed by atoms with van der Waals surface area (Å²) in [5.74, 6) is 0. The van der Waals surface area contributed by atoms with Gasteiger partial charge in [-0.25, -0.2) is 8.42 Å². The minimum atomic E-state index is -3.34. The van der Waals surface area contributed by atoms with Crippen LogP contribution in [0.2, 0.25) is 0 Å². The molecule has 106 valence electrons. The van der Waals surface area contributed by atoms with Crippen molar-refractivity contribution in [2.45, 2.75) is 37.5 Å². The van der Waals surface area contributed by atoms with Gasteiger partial charge in [0, 0.05) is 18.4 Å². The third-order valence-electron chi connectivity index (χ3n) is 3.51. The van der Waals surface area contributed by atoms with Crippen molar-refractivity contribution >= 4 is 26.0 Å². The Morgan fingerprint density at radius 1 is 1.21 bits per heavy atom. The van der Waals surface area contributed by atoms with E-state index in [2.05, 4.69) is 15.9 Å². The standard InChI is InChI=1S/C14H20BrNO2S/c1-2-9-16(10-8-15)19(17,18)14-7-6-12-4-3-5-13(12)11-14/h6-7,11H,2-5,8-10H2,1H3. The van der Waals surface area contributed by atoms with Gasteiger partial charge in [-0.15, -0.1) is 0 Å². The van der Waals surface area contributed by atoms with E-state index in [4.69, 9.17) is 0 Å². The van der Waals surface area contributed by atoms with Crippen molar-refractivity contribution in [1.29, 1.82) is 0 Å². The summed E-state index contributed by atoms with van der Waals surface area (Å²) in [6.45, 7) is 3.09. The first-order valence-electron chi connectivity index (χ1n) is 6.77. The molecule has 0 spiro atoms. The number of hydrogen-bond donors (Lipinski definition) is 0. The summed E-state index contributed by atoms with van der Waals surface area (Å²) in [4.78, 5) is 0.447. The summed E-state index contributed by atoms with van der Waals surface area (Å²) in [6.07, 6.45) is 4.05. The summed E-state index contributed by atoms with van der Waals surface area (Å²) in [6, 6.07) is 5.61. The van der Waals surface area contributed by atoms with Crippen LogP contribution in [0.4, 0.5) is 0 Å². The van der Waals surface area contributed by atoms with Crippen molar-refractivity contribution in [2.24, 2.45) is 0 Å². The van der Waals surface area contributed by atoms with Crippen molar-refractivity contribution in [2.75, 3.05) is 18.4 Å². The first-order chi connectivity index (χ1) is 9.09. The van der Waals surface area contributed by atoms with Crippen molar-refractivity contribution in [3.05, 3.63) is 29.3 Å². The molecule has 19 heavy (non-hydrogen) atoms. The maximum absolute atomic E-state index is 12.6. The predicted molar refractivity (Wildman–Crippen MR) is 81.3 cm³/mol. The van der Waals surface area contributed by atoms with Gasteiger partial charge in [-0.05, 0) is 48.9 Å². The van der Waals surface area contributed by atoms with E-state index in [0.717, 1.165) is 25.7 Å². The first kappa shape index (κ1) is 15.0. The molecule has 1 aliphatic rings. The minimum absolute atomic E-state index is 0.447. The van der Waals surface area contributed by atoms with Gasteiger partial charge in [0.25, 0.3) is 0 Å². The second kappa shape index (κ2) is 6.37.